The fraction of sp³-hybridized carbons (Fsp3) is 0.333. The molecule has 80 valence electrons. The van der Waals surface area contributed by atoms with Crippen LogP contribution in [0.3, 0.4) is 0 Å². The highest BCUT2D eigenvalue weighted by Crippen LogP contribution is 2.30. The van der Waals surface area contributed by atoms with Gasteiger partial charge in [0.1, 0.15) is 11.3 Å². The fourth-order valence-corrected chi connectivity index (χ4v) is 1.34. The van der Waals surface area contributed by atoms with Gasteiger partial charge in [-0.1, -0.05) is 0 Å². The van der Waals surface area contributed by atoms with Crippen LogP contribution in [0.15, 0.2) is 12.3 Å². The SMILES string of the molecule is Cc1nc2cc(C(F)(F)F)cnc2n1C. The number of halogens is 3. The molecule has 0 N–H and O–H groups in total. The smallest absolute Gasteiger partial charge is 0.316 e. The molecule has 0 radical (unpaired) electrons. The Morgan fingerprint density at radius 1 is 1.33 bits per heavy atom. The highest BCUT2D eigenvalue weighted by Gasteiger charge is 2.31. The minimum absolute atomic E-state index is 0.268. The number of nitrogens with zero attached hydrogens (tertiary/aromatic N) is 3. The first-order valence-corrected chi connectivity index (χ1v) is 4.26. The largest absolute Gasteiger partial charge is 0.417 e. The monoisotopic (exact) mass is 215 g/mol. The summed E-state index contributed by atoms with van der Waals surface area (Å²) in [5, 5.41) is 0. The highest BCUT2D eigenvalue weighted by molar-refractivity contribution is 5.72. The number of aromatic nitrogens is 3. The van der Waals surface area contributed by atoms with E-state index in [1.165, 1.54) is 0 Å². The van der Waals surface area contributed by atoms with Gasteiger partial charge < -0.3 is 4.57 Å². The lowest BCUT2D eigenvalue weighted by Gasteiger charge is -2.04. The number of hydrogen-bond donors (Lipinski definition) is 0. The van der Waals surface area contributed by atoms with Crippen LogP contribution in [-0.4, -0.2) is 14.5 Å². The summed E-state index contributed by atoms with van der Waals surface area (Å²) < 4.78 is 38.7. The van der Waals surface area contributed by atoms with Crippen molar-refractivity contribution in [1.29, 1.82) is 0 Å². The van der Waals surface area contributed by atoms with E-state index >= 15 is 0 Å². The van der Waals surface area contributed by atoms with Crippen molar-refractivity contribution in [2.75, 3.05) is 0 Å². The van der Waals surface area contributed by atoms with Crippen molar-refractivity contribution in [1.82, 2.24) is 14.5 Å². The van der Waals surface area contributed by atoms with E-state index in [1.807, 2.05) is 0 Å². The zero-order valence-electron chi connectivity index (χ0n) is 8.13. The maximum absolute atomic E-state index is 12.3. The van der Waals surface area contributed by atoms with Crippen LogP contribution in [0.2, 0.25) is 0 Å². The number of rotatable bonds is 0. The van der Waals surface area contributed by atoms with Crippen LogP contribution in [0, 0.1) is 6.92 Å². The van der Waals surface area contributed by atoms with E-state index in [-0.39, 0.29) is 5.52 Å². The van der Waals surface area contributed by atoms with Crippen molar-refractivity contribution in [3.8, 4) is 0 Å². The number of pyridine rings is 1. The number of aryl methyl sites for hydroxylation is 2. The molecule has 0 fully saturated rings. The molecule has 0 aliphatic heterocycles. The van der Waals surface area contributed by atoms with Gasteiger partial charge >= 0.3 is 6.18 Å². The van der Waals surface area contributed by atoms with Crippen molar-refractivity contribution in [2.24, 2.45) is 7.05 Å². The molecule has 15 heavy (non-hydrogen) atoms. The van der Waals surface area contributed by atoms with Crippen LogP contribution in [0.25, 0.3) is 11.2 Å². The second kappa shape index (κ2) is 2.95. The molecule has 3 nitrogen and oxygen atoms in total. The van der Waals surface area contributed by atoms with Gasteiger partial charge in [0.05, 0.1) is 5.56 Å². The summed E-state index contributed by atoms with van der Waals surface area (Å²) >= 11 is 0. The third-order valence-corrected chi connectivity index (χ3v) is 2.26. The second-order valence-corrected chi connectivity index (χ2v) is 3.28. The first-order valence-electron chi connectivity index (χ1n) is 4.26. The van der Waals surface area contributed by atoms with E-state index in [0.29, 0.717) is 11.5 Å². The first-order chi connectivity index (χ1) is 6.89. The van der Waals surface area contributed by atoms with Crippen molar-refractivity contribution >= 4 is 11.2 Å². The maximum atomic E-state index is 12.3. The van der Waals surface area contributed by atoms with Crippen molar-refractivity contribution in [2.45, 2.75) is 13.1 Å². The van der Waals surface area contributed by atoms with E-state index in [4.69, 9.17) is 0 Å². The van der Waals surface area contributed by atoms with E-state index in [0.717, 1.165) is 12.3 Å². The van der Waals surface area contributed by atoms with Crippen LogP contribution in [0.1, 0.15) is 11.4 Å². The van der Waals surface area contributed by atoms with E-state index in [2.05, 4.69) is 9.97 Å². The summed E-state index contributed by atoms with van der Waals surface area (Å²) in [5.41, 5.74) is -0.0431. The predicted octanol–water partition coefficient (Wildman–Crippen LogP) is 2.30. The molecule has 0 spiro atoms. The summed E-state index contributed by atoms with van der Waals surface area (Å²) in [6, 6.07) is 1.01. The Morgan fingerprint density at radius 3 is 2.60 bits per heavy atom. The number of alkyl halides is 3. The molecule has 0 saturated heterocycles. The fourth-order valence-electron chi connectivity index (χ4n) is 1.34. The molecule has 0 unspecified atom stereocenters. The van der Waals surface area contributed by atoms with Crippen LogP contribution in [0.4, 0.5) is 13.2 Å². The number of fused-ring (bicyclic) bond motifs is 1. The summed E-state index contributed by atoms with van der Waals surface area (Å²) in [5.74, 6) is 0.636. The topological polar surface area (TPSA) is 30.7 Å². The zero-order valence-corrected chi connectivity index (χ0v) is 8.13. The third-order valence-electron chi connectivity index (χ3n) is 2.26. The number of imidazole rings is 1. The zero-order chi connectivity index (χ0) is 11.2. The Kier molecular flexibility index (Phi) is 1.95. The Hall–Kier alpha value is -1.59. The van der Waals surface area contributed by atoms with Crippen LogP contribution in [-0.2, 0) is 13.2 Å². The van der Waals surface area contributed by atoms with Crippen molar-refractivity contribution in [3.05, 3.63) is 23.7 Å². The lowest BCUT2D eigenvalue weighted by molar-refractivity contribution is -0.137. The Morgan fingerprint density at radius 2 is 2.00 bits per heavy atom. The minimum atomic E-state index is -4.37. The molecule has 0 bridgehead atoms. The number of hydrogen-bond acceptors (Lipinski definition) is 2. The lowest BCUT2D eigenvalue weighted by atomic mass is 10.2. The molecule has 0 aliphatic rings. The summed E-state index contributed by atoms with van der Waals surface area (Å²) in [6.45, 7) is 1.72. The Bertz CT molecular complexity index is 513. The van der Waals surface area contributed by atoms with Gasteiger partial charge in [-0.15, -0.1) is 0 Å². The molecule has 2 rings (SSSR count). The van der Waals surface area contributed by atoms with Gasteiger partial charge in [0, 0.05) is 13.2 Å². The van der Waals surface area contributed by atoms with Gasteiger partial charge in [-0.05, 0) is 13.0 Å². The first kappa shape index (κ1) is 9.95. The molecule has 0 aliphatic carbocycles. The van der Waals surface area contributed by atoms with Gasteiger partial charge in [0.25, 0.3) is 0 Å². The van der Waals surface area contributed by atoms with Gasteiger partial charge in [0.2, 0.25) is 0 Å². The summed E-state index contributed by atoms with van der Waals surface area (Å²) in [6.07, 6.45) is -3.55. The molecule has 2 aromatic heterocycles. The van der Waals surface area contributed by atoms with Gasteiger partial charge in [0.15, 0.2) is 5.65 Å². The summed E-state index contributed by atoms with van der Waals surface area (Å²) in [7, 11) is 1.71. The average Bonchev–Trinajstić information content (AvgIpc) is 2.41. The van der Waals surface area contributed by atoms with Gasteiger partial charge in [-0.25, -0.2) is 9.97 Å². The summed E-state index contributed by atoms with van der Waals surface area (Å²) in [4.78, 5) is 7.74. The van der Waals surface area contributed by atoms with Gasteiger partial charge in [-0.3, -0.25) is 0 Å². The van der Waals surface area contributed by atoms with Crippen LogP contribution < -0.4 is 0 Å². The van der Waals surface area contributed by atoms with Crippen molar-refractivity contribution in [3.63, 3.8) is 0 Å². The van der Waals surface area contributed by atoms with Crippen LogP contribution in [0.5, 0.6) is 0 Å². The molecule has 0 aromatic carbocycles. The molecule has 0 atom stereocenters. The van der Waals surface area contributed by atoms with E-state index in [1.54, 1.807) is 18.5 Å². The average molecular weight is 215 g/mol. The molecule has 0 saturated carbocycles. The Labute approximate surface area is 83.6 Å². The van der Waals surface area contributed by atoms with Crippen molar-refractivity contribution < 1.29 is 13.2 Å². The normalized spacial score (nSPS) is 12.3. The molecule has 0 amide bonds. The van der Waals surface area contributed by atoms with Gasteiger partial charge in [-0.2, -0.15) is 13.2 Å². The molecular formula is C9H8F3N3. The van der Waals surface area contributed by atoms with Crippen LogP contribution >= 0.6 is 0 Å². The van der Waals surface area contributed by atoms with E-state index < -0.39 is 11.7 Å². The second-order valence-electron chi connectivity index (χ2n) is 3.28. The predicted molar refractivity (Wildman–Crippen MR) is 48.2 cm³/mol. The minimum Gasteiger partial charge on any atom is -0.316 e. The lowest BCUT2D eigenvalue weighted by Crippen LogP contribution is -2.05. The maximum Gasteiger partial charge on any atom is 0.417 e. The molecular weight excluding hydrogens is 207 g/mol. The Balaban J connectivity index is 2.67. The molecule has 6 heteroatoms. The van der Waals surface area contributed by atoms with E-state index in [9.17, 15) is 13.2 Å². The molecule has 2 heterocycles. The standard InChI is InChI=1S/C9H8F3N3/c1-5-14-7-3-6(9(10,11)12)4-13-8(7)15(5)2/h3-4H,1-2H3. The molecule has 2 aromatic rings. The highest BCUT2D eigenvalue weighted by atomic mass is 19.4. The quantitative estimate of drug-likeness (QED) is 0.675. The third kappa shape index (κ3) is 1.55.